The number of hydrogen-bond acceptors (Lipinski definition) is 7. The highest BCUT2D eigenvalue weighted by Gasteiger charge is 2.17. The summed E-state index contributed by atoms with van der Waals surface area (Å²) in [6.07, 6.45) is 2.82. The fourth-order valence-electron chi connectivity index (χ4n) is 2.70. The molecule has 0 saturated carbocycles. The molecule has 0 radical (unpaired) electrons. The van der Waals surface area contributed by atoms with Gasteiger partial charge in [0.15, 0.2) is 16.6 Å². The number of esters is 1. The number of nitrogens with zero attached hydrogens (tertiary/aromatic N) is 2. The second-order valence-electron chi connectivity index (χ2n) is 6.01. The molecule has 146 valence electrons. The maximum absolute atomic E-state index is 12.1. The number of anilines is 2. The number of carbonyl (C=O) groups is 2. The Morgan fingerprint density at radius 2 is 1.93 bits per heavy atom. The first kappa shape index (κ1) is 18.7. The van der Waals surface area contributed by atoms with Gasteiger partial charge >= 0.3 is 5.97 Å². The third kappa shape index (κ3) is 4.27. The molecule has 0 aliphatic carbocycles. The summed E-state index contributed by atoms with van der Waals surface area (Å²) < 4.78 is 15.8. The number of para-hydroxylation sites is 1. The highest BCUT2D eigenvalue weighted by molar-refractivity contribution is 7.14. The lowest BCUT2D eigenvalue weighted by molar-refractivity contribution is -0.128. The van der Waals surface area contributed by atoms with Gasteiger partial charge in [0.2, 0.25) is 12.7 Å². The van der Waals surface area contributed by atoms with E-state index in [1.54, 1.807) is 29.7 Å². The van der Waals surface area contributed by atoms with Crippen LogP contribution < -0.4 is 19.1 Å². The molecule has 1 aliphatic rings. The van der Waals surface area contributed by atoms with Crippen molar-refractivity contribution in [1.82, 2.24) is 4.98 Å². The van der Waals surface area contributed by atoms with Gasteiger partial charge in [0.25, 0.3) is 0 Å². The minimum atomic E-state index is -0.551. The molecule has 29 heavy (non-hydrogen) atoms. The Morgan fingerprint density at radius 3 is 2.72 bits per heavy atom. The molecule has 0 spiro atoms. The summed E-state index contributed by atoms with van der Waals surface area (Å²) in [5.41, 5.74) is 1.28. The summed E-state index contributed by atoms with van der Waals surface area (Å²) in [6.45, 7) is 1.63. The van der Waals surface area contributed by atoms with Gasteiger partial charge in [-0.05, 0) is 30.3 Å². The molecule has 0 bridgehead atoms. The fourth-order valence-corrected chi connectivity index (χ4v) is 3.56. The van der Waals surface area contributed by atoms with Crippen LogP contribution in [0.5, 0.6) is 17.2 Å². The number of thiazole rings is 1. The summed E-state index contributed by atoms with van der Waals surface area (Å²) in [6, 6.07) is 14.2. The summed E-state index contributed by atoms with van der Waals surface area (Å²) in [5.74, 6) is 0.806. The molecule has 0 atom stereocenters. The van der Waals surface area contributed by atoms with Gasteiger partial charge in [0.1, 0.15) is 5.75 Å². The van der Waals surface area contributed by atoms with Crippen molar-refractivity contribution in [2.45, 2.75) is 6.92 Å². The van der Waals surface area contributed by atoms with Crippen LogP contribution in [0, 0.1) is 0 Å². The third-order valence-electron chi connectivity index (χ3n) is 3.98. The lowest BCUT2D eigenvalue weighted by atomic mass is 10.3. The van der Waals surface area contributed by atoms with E-state index >= 15 is 0 Å². The van der Waals surface area contributed by atoms with Crippen LogP contribution in [0.25, 0.3) is 6.08 Å². The molecule has 1 aliphatic heterocycles. The van der Waals surface area contributed by atoms with E-state index in [9.17, 15) is 9.59 Å². The van der Waals surface area contributed by atoms with Crippen molar-refractivity contribution in [3.63, 3.8) is 0 Å². The Hall–Kier alpha value is -3.65. The molecule has 0 saturated heterocycles. The second kappa shape index (κ2) is 8.15. The van der Waals surface area contributed by atoms with E-state index in [-0.39, 0.29) is 12.7 Å². The molecule has 0 unspecified atom stereocenters. The van der Waals surface area contributed by atoms with Crippen LogP contribution in [0.15, 0.2) is 60.0 Å². The Bertz CT molecular complexity index is 1080. The number of aromatic nitrogens is 1. The largest absolute Gasteiger partial charge is 0.454 e. The first-order valence-electron chi connectivity index (χ1n) is 8.71. The molecule has 0 N–H and O–H groups in total. The number of carbonyl (C=O) groups excluding carboxylic acids is 2. The van der Waals surface area contributed by atoms with E-state index in [1.165, 1.54) is 29.2 Å². The number of amides is 1. The zero-order valence-corrected chi connectivity index (χ0v) is 16.2. The molecule has 3 aromatic rings. The highest BCUT2D eigenvalue weighted by Crippen LogP contribution is 2.35. The van der Waals surface area contributed by atoms with E-state index < -0.39 is 5.97 Å². The van der Waals surface area contributed by atoms with E-state index in [0.717, 1.165) is 5.69 Å². The van der Waals surface area contributed by atoms with Gasteiger partial charge in [0.05, 0.1) is 11.4 Å². The Labute approximate surface area is 170 Å². The highest BCUT2D eigenvalue weighted by atomic mass is 32.1. The Balaban J connectivity index is 1.44. The minimum absolute atomic E-state index is 0.150. The normalized spacial score (nSPS) is 12.2. The van der Waals surface area contributed by atoms with Crippen LogP contribution in [-0.4, -0.2) is 23.7 Å². The number of fused-ring (bicyclic) bond motifs is 1. The van der Waals surface area contributed by atoms with E-state index in [4.69, 9.17) is 14.2 Å². The van der Waals surface area contributed by atoms with Crippen molar-refractivity contribution in [1.29, 1.82) is 0 Å². The van der Waals surface area contributed by atoms with Crippen LogP contribution in [-0.2, 0) is 9.59 Å². The van der Waals surface area contributed by atoms with E-state index in [0.29, 0.717) is 28.1 Å². The molecular weight excluding hydrogens is 392 g/mol. The lowest BCUT2D eigenvalue weighted by Gasteiger charge is -2.17. The third-order valence-corrected chi connectivity index (χ3v) is 4.83. The Kier molecular flexibility index (Phi) is 5.26. The number of hydrogen-bond donors (Lipinski definition) is 0. The van der Waals surface area contributed by atoms with Crippen LogP contribution in [0.4, 0.5) is 10.8 Å². The summed E-state index contributed by atoms with van der Waals surface area (Å²) in [7, 11) is 0. The topological polar surface area (TPSA) is 78.0 Å². The number of benzene rings is 2. The summed E-state index contributed by atoms with van der Waals surface area (Å²) in [5, 5.41) is 2.28. The first-order chi connectivity index (χ1) is 14.1. The zero-order valence-electron chi connectivity index (χ0n) is 15.4. The fraction of sp³-hybridized carbons (Fsp3) is 0.0952. The molecule has 1 aromatic heterocycles. The van der Waals surface area contributed by atoms with Crippen molar-refractivity contribution in [2.75, 3.05) is 11.7 Å². The predicted molar refractivity (Wildman–Crippen MR) is 109 cm³/mol. The molecule has 2 heterocycles. The summed E-state index contributed by atoms with van der Waals surface area (Å²) in [4.78, 5) is 30.1. The van der Waals surface area contributed by atoms with Gasteiger partial charge in [-0.25, -0.2) is 9.78 Å². The Morgan fingerprint density at radius 1 is 1.14 bits per heavy atom. The van der Waals surface area contributed by atoms with E-state index in [2.05, 4.69) is 4.98 Å². The first-order valence-corrected chi connectivity index (χ1v) is 9.59. The van der Waals surface area contributed by atoms with Crippen molar-refractivity contribution >= 4 is 40.1 Å². The molecule has 2 aromatic carbocycles. The van der Waals surface area contributed by atoms with Crippen LogP contribution in [0.1, 0.15) is 12.6 Å². The standard InChI is InChI=1S/C21H16N2O5S/c1-14(24)23(16-5-3-2-4-6-16)21-22-15(12-29-21)7-10-20(25)28-17-8-9-18-19(11-17)27-13-26-18/h2-12H,13H2,1H3. The number of rotatable bonds is 5. The molecule has 4 rings (SSSR count). The average molecular weight is 408 g/mol. The second-order valence-corrected chi connectivity index (χ2v) is 6.85. The molecule has 0 fully saturated rings. The lowest BCUT2D eigenvalue weighted by Crippen LogP contribution is -2.22. The van der Waals surface area contributed by atoms with Gasteiger partial charge in [-0.1, -0.05) is 18.2 Å². The molecule has 1 amide bonds. The predicted octanol–water partition coefficient (Wildman–Crippen LogP) is 4.18. The van der Waals surface area contributed by atoms with Crippen LogP contribution >= 0.6 is 11.3 Å². The zero-order chi connectivity index (χ0) is 20.2. The average Bonchev–Trinajstić information content (AvgIpc) is 3.36. The minimum Gasteiger partial charge on any atom is -0.454 e. The van der Waals surface area contributed by atoms with Crippen molar-refractivity contribution in [3.05, 3.63) is 65.7 Å². The van der Waals surface area contributed by atoms with Crippen molar-refractivity contribution < 1.29 is 23.8 Å². The van der Waals surface area contributed by atoms with Crippen molar-refractivity contribution in [3.8, 4) is 17.2 Å². The quantitative estimate of drug-likeness (QED) is 0.358. The maximum Gasteiger partial charge on any atom is 0.336 e. The van der Waals surface area contributed by atoms with Gasteiger partial charge < -0.3 is 14.2 Å². The van der Waals surface area contributed by atoms with Crippen molar-refractivity contribution in [2.24, 2.45) is 0 Å². The SMILES string of the molecule is CC(=O)N(c1ccccc1)c1nc(C=CC(=O)Oc2ccc3c(c2)OCO3)cs1. The van der Waals surface area contributed by atoms with Crippen LogP contribution in [0.2, 0.25) is 0 Å². The maximum atomic E-state index is 12.1. The van der Waals surface area contributed by atoms with Gasteiger partial charge in [-0.3, -0.25) is 9.69 Å². The molecule has 8 heteroatoms. The van der Waals surface area contributed by atoms with Gasteiger partial charge in [-0.15, -0.1) is 11.3 Å². The smallest absolute Gasteiger partial charge is 0.336 e. The monoisotopic (exact) mass is 408 g/mol. The van der Waals surface area contributed by atoms with Gasteiger partial charge in [0, 0.05) is 24.4 Å². The van der Waals surface area contributed by atoms with Crippen LogP contribution in [0.3, 0.4) is 0 Å². The van der Waals surface area contributed by atoms with Gasteiger partial charge in [-0.2, -0.15) is 0 Å². The molecular formula is C21H16N2O5S. The van der Waals surface area contributed by atoms with E-state index in [1.807, 2.05) is 30.3 Å². The summed E-state index contributed by atoms with van der Waals surface area (Å²) >= 11 is 1.31. The number of ether oxygens (including phenoxy) is 3. The molecule has 7 nitrogen and oxygen atoms in total.